The SMILES string of the molecule is CC1CC(NCC(C)C(C)(C)C)CC(C)O1. The van der Waals surface area contributed by atoms with Gasteiger partial charge in [0.05, 0.1) is 12.2 Å². The van der Waals surface area contributed by atoms with Gasteiger partial charge in [-0.3, -0.25) is 0 Å². The Hall–Kier alpha value is -0.0800. The summed E-state index contributed by atoms with van der Waals surface area (Å²) < 4.78 is 5.75. The van der Waals surface area contributed by atoms with E-state index in [1.807, 2.05) is 0 Å². The second-order valence-electron chi connectivity index (χ2n) is 6.60. The number of rotatable bonds is 3. The maximum Gasteiger partial charge on any atom is 0.0565 e. The summed E-state index contributed by atoms with van der Waals surface area (Å²) in [4.78, 5) is 0. The van der Waals surface area contributed by atoms with E-state index in [0.717, 1.165) is 19.4 Å². The van der Waals surface area contributed by atoms with Crippen molar-refractivity contribution in [2.45, 2.75) is 72.6 Å². The molecule has 2 heteroatoms. The highest BCUT2D eigenvalue weighted by molar-refractivity contribution is 4.81. The lowest BCUT2D eigenvalue weighted by molar-refractivity contribution is -0.0428. The molecule has 1 fully saturated rings. The molecule has 0 spiro atoms. The van der Waals surface area contributed by atoms with E-state index in [9.17, 15) is 0 Å². The van der Waals surface area contributed by atoms with Crippen LogP contribution in [0, 0.1) is 11.3 Å². The molecule has 0 aromatic heterocycles. The van der Waals surface area contributed by atoms with Gasteiger partial charge in [0.2, 0.25) is 0 Å². The van der Waals surface area contributed by atoms with Crippen LogP contribution < -0.4 is 5.32 Å². The lowest BCUT2D eigenvalue weighted by atomic mass is 9.82. The number of hydrogen-bond acceptors (Lipinski definition) is 2. The van der Waals surface area contributed by atoms with Crippen molar-refractivity contribution in [3.8, 4) is 0 Å². The van der Waals surface area contributed by atoms with Crippen LogP contribution in [0.15, 0.2) is 0 Å². The lowest BCUT2D eigenvalue weighted by Crippen LogP contribution is -2.44. The van der Waals surface area contributed by atoms with Crippen LogP contribution in [-0.4, -0.2) is 24.8 Å². The van der Waals surface area contributed by atoms with E-state index < -0.39 is 0 Å². The molecule has 0 amide bonds. The first-order chi connectivity index (χ1) is 7.29. The molecule has 3 atom stereocenters. The molecule has 1 rings (SSSR count). The molecule has 1 saturated heterocycles. The van der Waals surface area contributed by atoms with Crippen molar-refractivity contribution in [1.29, 1.82) is 0 Å². The minimum Gasteiger partial charge on any atom is -0.375 e. The zero-order valence-electron chi connectivity index (χ0n) is 11.8. The van der Waals surface area contributed by atoms with Gasteiger partial charge in [-0.2, -0.15) is 0 Å². The molecular formula is C14H29NO. The Labute approximate surface area is 101 Å². The summed E-state index contributed by atoms with van der Waals surface area (Å²) in [5, 5.41) is 3.71. The Balaban J connectivity index is 2.32. The van der Waals surface area contributed by atoms with Gasteiger partial charge < -0.3 is 10.1 Å². The van der Waals surface area contributed by atoms with Crippen LogP contribution in [0.25, 0.3) is 0 Å². The molecule has 0 radical (unpaired) electrons. The van der Waals surface area contributed by atoms with Crippen LogP contribution in [0.1, 0.15) is 54.4 Å². The van der Waals surface area contributed by atoms with Crippen LogP contribution >= 0.6 is 0 Å². The van der Waals surface area contributed by atoms with Crippen LogP contribution in [0.4, 0.5) is 0 Å². The minimum atomic E-state index is 0.398. The van der Waals surface area contributed by atoms with Crippen molar-refractivity contribution in [2.24, 2.45) is 11.3 Å². The average molecular weight is 227 g/mol. The average Bonchev–Trinajstić information content (AvgIpc) is 2.11. The topological polar surface area (TPSA) is 21.3 Å². The van der Waals surface area contributed by atoms with Gasteiger partial charge in [-0.25, -0.2) is 0 Å². The maximum atomic E-state index is 5.75. The first-order valence-corrected chi connectivity index (χ1v) is 6.68. The molecule has 1 aliphatic heterocycles. The molecule has 1 heterocycles. The zero-order chi connectivity index (χ0) is 12.3. The maximum absolute atomic E-state index is 5.75. The Morgan fingerprint density at radius 3 is 2.12 bits per heavy atom. The first-order valence-electron chi connectivity index (χ1n) is 6.68. The van der Waals surface area contributed by atoms with Crippen molar-refractivity contribution in [1.82, 2.24) is 5.32 Å². The first kappa shape index (κ1) is 14.0. The van der Waals surface area contributed by atoms with Gasteiger partial charge in [-0.15, -0.1) is 0 Å². The van der Waals surface area contributed by atoms with Crippen molar-refractivity contribution < 1.29 is 4.74 Å². The Kier molecular flexibility index (Phi) is 4.81. The van der Waals surface area contributed by atoms with Crippen LogP contribution in [-0.2, 0) is 4.74 Å². The predicted octanol–water partition coefficient (Wildman–Crippen LogP) is 3.21. The monoisotopic (exact) mass is 227 g/mol. The fraction of sp³-hybridized carbons (Fsp3) is 1.00. The summed E-state index contributed by atoms with van der Waals surface area (Å²) in [5.74, 6) is 0.709. The third-order valence-corrected chi connectivity index (χ3v) is 3.89. The Morgan fingerprint density at radius 2 is 1.69 bits per heavy atom. The fourth-order valence-electron chi connectivity index (χ4n) is 2.22. The van der Waals surface area contributed by atoms with Crippen molar-refractivity contribution in [3.05, 3.63) is 0 Å². The van der Waals surface area contributed by atoms with E-state index in [1.165, 1.54) is 0 Å². The second-order valence-corrected chi connectivity index (χ2v) is 6.60. The fourth-order valence-corrected chi connectivity index (χ4v) is 2.22. The summed E-state index contributed by atoms with van der Waals surface area (Å²) in [6, 6.07) is 0.642. The molecule has 1 N–H and O–H groups in total. The van der Waals surface area contributed by atoms with Gasteiger partial charge in [0, 0.05) is 6.04 Å². The van der Waals surface area contributed by atoms with E-state index in [1.54, 1.807) is 0 Å². The van der Waals surface area contributed by atoms with E-state index >= 15 is 0 Å². The molecule has 0 aromatic rings. The van der Waals surface area contributed by atoms with Crippen molar-refractivity contribution in [2.75, 3.05) is 6.54 Å². The Morgan fingerprint density at radius 1 is 1.19 bits per heavy atom. The quantitative estimate of drug-likeness (QED) is 0.799. The largest absolute Gasteiger partial charge is 0.375 e. The van der Waals surface area contributed by atoms with Crippen LogP contribution in [0.3, 0.4) is 0 Å². The summed E-state index contributed by atoms with van der Waals surface area (Å²) >= 11 is 0. The van der Waals surface area contributed by atoms with Crippen molar-refractivity contribution >= 4 is 0 Å². The summed E-state index contributed by atoms with van der Waals surface area (Å²) in [6.07, 6.45) is 3.12. The molecular weight excluding hydrogens is 198 g/mol. The van der Waals surface area contributed by atoms with E-state index in [0.29, 0.717) is 29.6 Å². The zero-order valence-corrected chi connectivity index (χ0v) is 11.8. The highest BCUT2D eigenvalue weighted by atomic mass is 16.5. The van der Waals surface area contributed by atoms with Crippen LogP contribution in [0.5, 0.6) is 0 Å². The molecule has 3 unspecified atom stereocenters. The molecule has 0 bridgehead atoms. The molecule has 16 heavy (non-hydrogen) atoms. The van der Waals surface area contributed by atoms with E-state index in [4.69, 9.17) is 4.74 Å². The summed E-state index contributed by atoms with van der Waals surface area (Å²) in [6.45, 7) is 14.7. The van der Waals surface area contributed by atoms with Crippen molar-refractivity contribution in [3.63, 3.8) is 0 Å². The van der Waals surface area contributed by atoms with E-state index in [2.05, 4.69) is 46.9 Å². The van der Waals surface area contributed by atoms with Gasteiger partial charge in [0.15, 0.2) is 0 Å². The molecule has 0 aliphatic carbocycles. The number of ether oxygens (including phenoxy) is 1. The molecule has 2 nitrogen and oxygen atoms in total. The van der Waals surface area contributed by atoms with Gasteiger partial charge in [-0.05, 0) is 44.6 Å². The van der Waals surface area contributed by atoms with Gasteiger partial charge in [-0.1, -0.05) is 27.7 Å². The van der Waals surface area contributed by atoms with E-state index in [-0.39, 0.29) is 0 Å². The number of hydrogen-bond donors (Lipinski definition) is 1. The van der Waals surface area contributed by atoms with Crippen LogP contribution in [0.2, 0.25) is 0 Å². The van der Waals surface area contributed by atoms with Gasteiger partial charge in [0.1, 0.15) is 0 Å². The molecule has 96 valence electrons. The molecule has 0 aromatic carbocycles. The lowest BCUT2D eigenvalue weighted by Gasteiger charge is -2.35. The highest BCUT2D eigenvalue weighted by Crippen LogP contribution is 2.25. The number of nitrogens with one attached hydrogen (secondary N) is 1. The smallest absolute Gasteiger partial charge is 0.0565 e. The third kappa shape index (κ3) is 4.42. The predicted molar refractivity (Wildman–Crippen MR) is 69.7 cm³/mol. The van der Waals surface area contributed by atoms with Gasteiger partial charge >= 0.3 is 0 Å². The highest BCUT2D eigenvalue weighted by Gasteiger charge is 2.26. The molecule has 1 aliphatic rings. The van der Waals surface area contributed by atoms with Gasteiger partial charge in [0.25, 0.3) is 0 Å². The standard InChI is InChI=1S/C14H29NO/c1-10(14(4,5)6)9-15-13-7-11(2)16-12(3)8-13/h10-13,15H,7-9H2,1-6H3. The summed E-state index contributed by atoms with van der Waals surface area (Å²) in [5.41, 5.74) is 0.398. The summed E-state index contributed by atoms with van der Waals surface area (Å²) in [7, 11) is 0. The minimum absolute atomic E-state index is 0.398. The Bertz CT molecular complexity index is 199. The third-order valence-electron chi connectivity index (χ3n) is 3.89. The molecule has 0 saturated carbocycles. The second kappa shape index (κ2) is 5.50. The normalized spacial score (nSPS) is 33.8.